The fraction of sp³-hybridized carbons (Fsp3) is 0.912. The Bertz CT molecular complexity index is 955. The van der Waals surface area contributed by atoms with Crippen LogP contribution >= 0.6 is 0 Å². The molecular formula is C57H111NO5. The number of amides is 1. The molecule has 5 N–H and O–H groups in total. The highest BCUT2D eigenvalue weighted by molar-refractivity contribution is 5.80. The van der Waals surface area contributed by atoms with Crippen LogP contribution in [0.15, 0.2) is 24.3 Å². The fourth-order valence-electron chi connectivity index (χ4n) is 8.97. The molecule has 63 heavy (non-hydrogen) atoms. The third-order valence-electron chi connectivity index (χ3n) is 13.4. The SMILES string of the molecule is CCCCCCCCCCC/C=C\C/C=C\CCCCCCCCCCCCCCCCC(O)C(=O)NC(CO)C(O)C(O)CCCCCCCCCCCCCCCCCCC. The van der Waals surface area contributed by atoms with Crippen LogP contribution in [0.1, 0.15) is 303 Å². The van der Waals surface area contributed by atoms with Crippen molar-refractivity contribution in [2.24, 2.45) is 0 Å². The van der Waals surface area contributed by atoms with Gasteiger partial charge in [0, 0.05) is 0 Å². The summed E-state index contributed by atoms with van der Waals surface area (Å²) in [5.74, 6) is -0.580. The van der Waals surface area contributed by atoms with E-state index in [-0.39, 0.29) is 0 Å². The van der Waals surface area contributed by atoms with E-state index in [2.05, 4.69) is 43.5 Å². The van der Waals surface area contributed by atoms with Gasteiger partial charge in [0.2, 0.25) is 5.91 Å². The predicted octanol–water partition coefficient (Wildman–Crippen LogP) is 16.3. The highest BCUT2D eigenvalue weighted by atomic mass is 16.3. The predicted molar refractivity (Wildman–Crippen MR) is 274 cm³/mol. The zero-order valence-electron chi connectivity index (χ0n) is 42.3. The second-order valence-corrected chi connectivity index (χ2v) is 19.6. The lowest BCUT2D eigenvalue weighted by Gasteiger charge is -2.27. The summed E-state index contributed by atoms with van der Waals surface area (Å²) in [6.07, 6.45) is 62.4. The molecular weight excluding hydrogens is 779 g/mol. The normalized spacial score (nSPS) is 13.9. The second-order valence-electron chi connectivity index (χ2n) is 19.6. The molecule has 374 valence electrons. The van der Waals surface area contributed by atoms with Gasteiger partial charge in [0.1, 0.15) is 12.2 Å². The van der Waals surface area contributed by atoms with Crippen molar-refractivity contribution in [3.63, 3.8) is 0 Å². The number of carbonyl (C=O) groups excluding carboxylic acids is 1. The Morgan fingerprint density at radius 3 is 1.00 bits per heavy atom. The van der Waals surface area contributed by atoms with Gasteiger partial charge in [0.25, 0.3) is 0 Å². The monoisotopic (exact) mass is 890 g/mol. The maximum Gasteiger partial charge on any atom is 0.249 e. The van der Waals surface area contributed by atoms with Gasteiger partial charge in [0.15, 0.2) is 0 Å². The minimum Gasteiger partial charge on any atom is -0.394 e. The van der Waals surface area contributed by atoms with Crippen LogP contribution in [0.3, 0.4) is 0 Å². The van der Waals surface area contributed by atoms with Crippen molar-refractivity contribution < 1.29 is 25.2 Å². The molecule has 0 saturated carbocycles. The van der Waals surface area contributed by atoms with Crippen molar-refractivity contribution >= 4 is 5.91 Å². The summed E-state index contributed by atoms with van der Waals surface area (Å²) < 4.78 is 0. The number of hydrogen-bond donors (Lipinski definition) is 5. The maximum atomic E-state index is 12.6. The van der Waals surface area contributed by atoms with E-state index in [0.29, 0.717) is 12.8 Å². The van der Waals surface area contributed by atoms with Crippen LogP contribution in [0.4, 0.5) is 0 Å². The Hall–Kier alpha value is -1.21. The molecule has 0 aromatic rings. The number of hydrogen-bond acceptors (Lipinski definition) is 5. The van der Waals surface area contributed by atoms with Crippen LogP contribution in [0, 0.1) is 0 Å². The van der Waals surface area contributed by atoms with Gasteiger partial charge in [-0.2, -0.15) is 0 Å². The zero-order chi connectivity index (χ0) is 45.9. The van der Waals surface area contributed by atoms with Gasteiger partial charge in [0.05, 0.1) is 18.8 Å². The molecule has 0 saturated heterocycles. The van der Waals surface area contributed by atoms with Gasteiger partial charge < -0.3 is 25.7 Å². The summed E-state index contributed by atoms with van der Waals surface area (Å²) in [7, 11) is 0. The molecule has 0 aliphatic rings. The molecule has 0 spiro atoms. The number of nitrogens with one attached hydrogen (secondary N) is 1. The van der Waals surface area contributed by atoms with E-state index in [1.165, 1.54) is 231 Å². The fourth-order valence-corrected chi connectivity index (χ4v) is 8.97. The van der Waals surface area contributed by atoms with Crippen LogP contribution in [0.25, 0.3) is 0 Å². The number of allylic oxidation sites excluding steroid dienone is 4. The lowest BCUT2D eigenvalue weighted by molar-refractivity contribution is -0.132. The number of aliphatic hydroxyl groups excluding tert-OH is 4. The molecule has 6 heteroatoms. The number of carbonyl (C=O) groups is 1. The first-order chi connectivity index (χ1) is 31.0. The van der Waals surface area contributed by atoms with Gasteiger partial charge in [-0.15, -0.1) is 0 Å². The molecule has 0 fully saturated rings. The lowest BCUT2D eigenvalue weighted by atomic mass is 9.99. The quantitative estimate of drug-likeness (QED) is 0.0309. The van der Waals surface area contributed by atoms with Crippen LogP contribution in [-0.2, 0) is 4.79 Å². The average Bonchev–Trinajstić information content (AvgIpc) is 3.29. The summed E-state index contributed by atoms with van der Waals surface area (Å²) in [6.45, 7) is 4.08. The summed E-state index contributed by atoms with van der Waals surface area (Å²) in [5.41, 5.74) is 0. The summed E-state index contributed by atoms with van der Waals surface area (Å²) in [5, 5.41) is 44.0. The number of aliphatic hydroxyl groups is 4. The third kappa shape index (κ3) is 45.7. The van der Waals surface area contributed by atoms with Crippen LogP contribution in [0.2, 0.25) is 0 Å². The van der Waals surface area contributed by atoms with Gasteiger partial charge in [-0.1, -0.05) is 282 Å². The van der Waals surface area contributed by atoms with E-state index in [4.69, 9.17) is 0 Å². The maximum absolute atomic E-state index is 12.6. The molecule has 0 aromatic heterocycles. The van der Waals surface area contributed by atoms with Gasteiger partial charge in [-0.25, -0.2) is 0 Å². The first-order valence-corrected chi connectivity index (χ1v) is 28.2. The Morgan fingerprint density at radius 1 is 0.397 bits per heavy atom. The van der Waals surface area contributed by atoms with Crippen molar-refractivity contribution in [2.45, 2.75) is 327 Å². The van der Waals surface area contributed by atoms with Crippen molar-refractivity contribution in [2.75, 3.05) is 6.61 Å². The molecule has 0 rings (SSSR count). The standard InChI is InChI=1S/C57H111NO5/c1-3-5-7-9-11-13-15-17-19-21-22-23-24-25-26-27-28-29-30-31-32-33-35-37-39-41-43-45-47-49-51-55(61)57(63)58-53(52-59)56(62)54(60)50-48-46-44-42-40-38-36-34-20-18-16-14-12-10-8-6-4-2/h22-23,25-26,53-56,59-62H,3-21,24,27-52H2,1-2H3,(H,58,63)/b23-22-,26-25-. The number of rotatable bonds is 52. The van der Waals surface area contributed by atoms with Crippen LogP contribution in [-0.4, -0.2) is 57.3 Å². The Morgan fingerprint density at radius 2 is 0.683 bits per heavy atom. The highest BCUT2D eigenvalue weighted by Crippen LogP contribution is 2.18. The molecule has 1 amide bonds. The molecule has 6 nitrogen and oxygen atoms in total. The van der Waals surface area contributed by atoms with Crippen LogP contribution in [0.5, 0.6) is 0 Å². The lowest BCUT2D eigenvalue weighted by Crippen LogP contribution is -2.53. The molecule has 0 aromatic carbocycles. The second kappa shape index (κ2) is 51.8. The van der Waals surface area contributed by atoms with Gasteiger partial charge >= 0.3 is 0 Å². The smallest absolute Gasteiger partial charge is 0.249 e. The summed E-state index contributed by atoms with van der Waals surface area (Å²) in [6, 6.07) is -0.984. The topological polar surface area (TPSA) is 110 Å². The first kappa shape index (κ1) is 61.8. The minimum absolute atomic E-state index is 0.371. The van der Waals surface area contributed by atoms with E-state index >= 15 is 0 Å². The largest absolute Gasteiger partial charge is 0.394 e. The van der Waals surface area contributed by atoms with Crippen molar-refractivity contribution in [1.29, 1.82) is 0 Å². The van der Waals surface area contributed by atoms with E-state index in [9.17, 15) is 25.2 Å². The van der Waals surface area contributed by atoms with E-state index in [1.54, 1.807) is 0 Å². The van der Waals surface area contributed by atoms with E-state index < -0.39 is 36.9 Å². The average molecular weight is 891 g/mol. The summed E-state index contributed by atoms with van der Waals surface area (Å²) in [4.78, 5) is 12.6. The van der Waals surface area contributed by atoms with E-state index in [0.717, 1.165) is 44.9 Å². The van der Waals surface area contributed by atoms with Gasteiger partial charge in [-0.3, -0.25) is 4.79 Å². The molecule has 0 radical (unpaired) electrons. The first-order valence-electron chi connectivity index (χ1n) is 28.2. The Balaban J connectivity index is 3.60. The van der Waals surface area contributed by atoms with Crippen molar-refractivity contribution in [3.8, 4) is 0 Å². The molecule has 4 unspecified atom stereocenters. The molecule has 0 aliphatic heterocycles. The third-order valence-corrected chi connectivity index (χ3v) is 13.4. The van der Waals surface area contributed by atoms with Crippen molar-refractivity contribution in [3.05, 3.63) is 24.3 Å². The minimum atomic E-state index is -1.26. The highest BCUT2D eigenvalue weighted by Gasteiger charge is 2.28. The number of unbranched alkanes of at least 4 members (excludes halogenated alkanes) is 39. The molecule has 4 atom stereocenters. The molecule has 0 heterocycles. The van der Waals surface area contributed by atoms with Gasteiger partial charge in [-0.05, 0) is 44.9 Å². The molecule has 0 aliphatic carbocycles. The van der Waals surface area contributed by atoms with Crippen molar-refractivity contribution in [1.82, 2.24) is 5.32 Å². The van der Waals surface area contributed by atoms with Crippen LogP contribution < -0.4 is 5.32 Å². The Labute approximate surface area is 393 Å². The Kier molecular flexibility index (Phi) is 50.8. The van der Waals surface area contributed by atoms with E-state index in [1.807, 2.05) is 0 Å². The molecule has 0 bridgehead atoms. The summed E-state index contributed by atoms with van der Waals surface area (Å²) >= 11 is 0. The zero-order valence-corrected chi connectivity index (χ0v) is 42.3.